The van der Waals surface area contributed by atoms with E-state index < -0.39 is 10.1 Å². The van der Waals surface area contributed by atoms with Gasteiger partial charge in [0.25, 0.3) is 10.1 Å². The second kappa shape index (κ2) is 4.61. The van der Waals surface area contributed by atoms with Crippen molar-refractivity contribution in [2.24, 2.45) is 0 Å². The lowest BCUT2D eigenvalue weighted by atomic mass is 10.2. The van der Waals surface area contributed by atoms with Gasteiger partial charge in [-0.1, -0.05) is 11.6 Å². The highest BCUT2D eigenvalue weighted by atomic mass is 32.2. The molecule has 1 rings (SSSR count). The van der Waals surface area contributed by atoms with Crippen molar-refractivity contribution < 1.29 is 13.0 Å². The standard InChI is InChI=1S/C9H15NO3S/c1-9-3-6-10(7-4-9)5-2-8-14(11,12)13/h3-4,6H,2,5,7-8H2,1H3,(H,11,12,13). The lowest BCUT2D eigenvalue weighted by molar-refractivity contribution is 0.404. The van der Waals surface area contributed by atoms with E-state index in [1.807, 2.05) is 24.1 Å². The molecule has 0 bridgehead atoms. The van der Waals surface area contributed by atoms with Gasteiger partial charge in [0.15, 0.2) is 0 Å². The average molecular weight is 217 g/mol. The Kier molecular flexibility index (Phi) is 3.71. The van der Waals surface area contributed by atoms with Crippen LogP contribution in [0, 0.1) is 0 Å². The Morgan fingerprint density at radius 1 is 1.57 bits per heavy atom. The normalized spacial score (nSPS) is 17.0. The maximum atomic E-state index is 10.4. The zero-order valence-corrected chi connectivity index (χ0v) is 9.00. The molecule has 80 valence electrons. The SMILES string of the molecule is CC1=CCN(CCCS(=O)(=O)O)C=C1. The maximum Gasteiger partial charge on any atom is 0.264 e. The van der Waals surface area contributed by atoms with Gasteiger partial charge >= 0.3 is 0 Å². The summed E-state index contributed by atoms with van der Waals surface area (Å²) in [6.07, 6.45) is 6.46. The zero-order chi connectivity index (χ0) is 10.6. The van der Waals surface area contributed by atoms with Crippen LogP contribution in [0.2, 0.25) is 0 Å². The Morgan fingerprint density at radius 2 is 2.29 bits per heavy atom. The van der Waals surface area contributed by atoms with Crippen molar-refractivity contribution >= 4 is 10.1 Å². The molecule has 0 radical (unpaired) electrons. The largest absolute Gasteiger partial charge is 0.374 e. The van der Waals surface area contributed by atoms with Crippen molar-refractivity contribution in [3.63, 3.8) is 0 Å². The molecule has 1 aliphatic rings. The van der Waals surface area contributed by atoms with Gasteiger partial charge in [-0.05, 0) is 25.6 Å². The predicted molar refractivity (Wildman–Crippen MR) is 55.5 cm³/mol. The molecule has 0 saturated heterocycles. The topological polar surface area (TPSA) is 57.6 Å². The van der Waals surface area contributed by atoms with Gasteiger partial charge in [0.1, 0.15) is 0 Å². The van der Waals surface area contributed by atoms with Crippen LogP contribution in [0.1, 0.15) is 13.3 Å². The summed E-state index contributed by atoms with van der Waals surface area (Å²) in [7, 11) is -3.80. The molecule has 5 heteroatoms. The molecule has 0 amide bonds. The smallest absolute Gasteiger partial charge is 0.264 e. The molecule has 1 N–H and O–H groups in total. The van der Waals surface area contributed by atoms with Crippen LogP contribution in [-0.4, -0.2) is 36.7 Å². The molecular weight excluding hydrogens is 202 g/mol. The highest BCUT2D eigenvalue weighted by molar-refractivity contribution is 7.85. The fourth-order valence-corrected chi connectivity index (χ4v) is 1.72. The predicted octanol–water partition coefficient (Wildman–Crippen LogP) is 1.04. The first-order valence-corrected chi connectivity index (χ1v) is 6.12. The van der Waals surface area contributed by atoms with Crippen LogP contribution in [0.5, 0.6) is 0 Å². The van der Waals surface area contributed by atoms with Crippen LogP contribution in [0.25, 0.3) is 0 Å². The minimum atomic E-state index is -3.80. The third-order valence-electron chi connectivity index (χ3n) is 2.04. The Morgan fingerprint density at radius 3 is 2.79 bits per heavy atom. The summed E-state index contributed by atoms with van der Waals surface area (Å²) in [5.74, 6) is -0.167. The summed E-state index contributed by atoms with van der Waals surface area (Å²) in [5.41, 5.74) is 1.22. The van der Waals surface area contributed by atoms with Gasteiger partial charge in [-0.2, -0.15) is 8.42 Å². The Bertz CT molecular complexity index is 343. The molecule has 1 heterocycles. The monoisotopic (exact) mass is 217 g/mol. The van der Waals surface area contributed by atoms with E-state index in [1.54, 1.807) is 0 Å². The molecule has 1 aliphatic heterocycles. The van der Waals surface area contributed by atoms with E-state index in [1.165, 1.54) is 5.57 Å². The van der Waals surface area contributed by atoms with E-state index in [-0.39, 0.29) is 5.75 Å². The first-order chi connectivity index (χ1) is 6.47. The number of allylic oxidation sites excluding steroid dienone is 2. The van der Waals surface area contributed by atoms with Gasteiger partial charge in [0.05, 0.1) is 5.75 Å². The van der Waals surface area contributed by atoms with Gasteiger partial charge in [0.2, 0.25) is 0 Å². The quantitative estimate of drug-likeness (QED) is 0.715. The van der Waals surface area contributed by atoms with Gasteiger partial charge in [-0.15, -0.1) is 0 Å². The van der Waals surface area contributed by atoms with E-state index >= 15 is 0 Å². The molecule has 0 aromatic rings. The van der Waals surface area contributed by atoms with Crippen molar-refractivity contribution in [1.29, 1.82) is 0 Å². The van der Waals surface area contributed by atoms with Crippen LogP contribution < -0.4 is 0 Å². The highest BCUT2D eigenvalue weighted by Gasteiger charge is 2.06. The van der Waals surface area contributed by atoms with Crippen LogP contribution >= 0.6 is 0 Å². The maximum absolute atomic E-state index is 10.4. The van der Waals surface area contributed by atoms with E-state index in [4.69, 9.17) is 4.55 Å². The fraction of sp³-hybridized carbons (Fsp3) is 0.556. The Labute approximate surface area is 84.7 Å². The second-order valence-electron chi connectivity index (χ2n) is 3.40. The minimum Gasteiger partial charge on any atom is -0.374 e. The van der Waals surface area contributed by atoms with E-state index in [2.05, 4.69) is 6.08 Å². The van der Waals surface area contributed by atoms with E-state index in [9.17, 15) is 8.42 Å². The number of rotatable bonds is 4. The van der Waals surface area contributed by atoms with Crippen molar-refractivity contribution in [2.75, 3.05) is 18.8 Å². The van der Waals surface area contributed by atoms with Crippen LogP contribution in [0.15, 0.2) is 23.9 Å². The van der Waals surface area contributed by atoms with Crippen molar-refractivity contribution in [2.45, 2.75) is 13.3 Å². The molecule has 0 fully saturated rings. The third-order valence-corrected chi connectivity index (χ3v) is 2.85. The number of nitrogens with zero attached hydrogens (tertiary/aromatic N) is 1. The Hall–Kier alpha value is -0.810. The summed E-state index contributed by atoms with van der Waals surface area (Å²) in [4.78, 5) is 2.01. The summed E-state index contributed by atoms with van der Waals surface area (Å²) in [5, 5.41) is 0. The average Bonchev–Trinajstić information content (AvgIpc) is 2.06. The van der Waals surface area contributed by atoms with Gasteiger partial charge in [0, 0.05) is 13.1 Å². The summed E-state index contributed by atoms with van der Waals surface area (Å²) in [6, 6.07) is 0. The van der Waals surface area contributed by atoms with Crippen LogP contribution in [-0.2, 0) is 10.1 Å². The first kappa shape index (κ1) is 11.3. The lowest BCUT2D eigenvalue weighted by Gasteiger charge is -2.21. The molecule has 14 heavy (non-hydrogen) atoms. The minimum absolute atomic E-state index is 0.167. The Balaban J connectivity index is 2.25. The molecular formula is C9H15NO3S. The van der Waals surface area contributed by atoms with Gasteiger partial charge in [-0.3, -0.25) is 4.55 Å². The van der Waals surface area contributed by atoms with Crippen LogP contribution in [0.4, 0.5) is 0 Å². The van der Waals surface area contributed by atoms with Crippen molar-refractivity contribution in [3.8, 4) is 0 Å². The van der Waals surface area contributed by atoms with E-state index in [0.717, 1.165) is 6.54 Å². The lowest BCUT2D eigenvalue weighted by Crippen LogP contribution is -2.22. The summed E-state index contributed by atoms with van der Waals surface area (Å²) >= 11 is 0. The van der Waals surface area contributed by atoms with Crippen molar-refractivity contribution in [3.05, 3.63) is 23.9 Å². The van der Waals surface area contributed by atoms with Gasteiger partial charge < -0.3 is 4.90 Å². The highest BCUT2D eigenvalue weighted by Crippen LogP contribution is 2.06. The van der Waals surface area contributed by atoms with E-state index in [0.29, 0.717) is 13.0 Å². The zero-order valence-electron chi connectivity index (χ0n) is 8.18. The van der Waals surface area contributed by atoms with Gasteiger partial charge in [-0.25, -0.2) is 0 Å². The third kappa shape index (κ3) is 4.43. The second-order valence-corrected chi connectivity index (χ2v) is 4.97. The van der Waals surface area contributed by atoms with Crippen molar-refractivity contribution in [1.82, 2.24) is 4.90 Å². The molecule has 0 atom stereocenters. The fourth-order valence-electron chi connectivity index (χ4n) is 1.23. The number of hydrogen-bond acceptors (Lipinski definition) is 3. The molecule has 0 saturated carbocycles. The summed E-state index contributed by atoms with van der Waals surface area (Å²) in [6.45, 7) is 3.49. The summed E-state index contributed by atoms with van der Waals surface area (Å²) < 4.78 is 29.4. The molecule has 0 spiro atoms. The van der Waals surface area contributed by atoms with Crippen LogP contribution in [0.3, 0.4) is 0 Å². The number of hydrogen-bond donors (Lipinski definition) is 1. The molecule has 0 aromatic carbocycles. The molecule has 0 aliphatic carbocycles. The molecule has 0 unspecified atom stereocenters. The molecule has 0 aromatic heterocycles. The first-order valence-electron chi connectivity index (χ1n) is 4.51. The molecule has 4 nitrogen and oxygen atoms in total.